The number of halogens is 2. The normalized spacial score (nSPS) is 13.1. The lowest BCUT2D eigenvalue weighted by Gasteiger charge is -2.19. The third-order valence-electron chi connectivity index (χ3n) is 3.83. The van der Waals surface area contributed by atoms with Crippen LogP contribution in [-0.4, -0.2) is 23.2 Å². The lowest BCUT2D eigenvalue weighted by Crippen LogP contribution is -2.15. The van der Waals surface area contributed by atoms with Crippen LogP contribution in [0, 0.1) is 18.6 Å². The molecule has 122 valence electrons. The highest BCUT2D eigenvalue weighted by molar-refractivity contribution is 5.93. The van der Waals surface area contributed by atoms with Crippen LogP contribution in [0.25, 0.3) is 10.9 Å². The standard InChI is InChI=1S/C17H13F2N3O2/c1-9-2-3-11(18)16(15(9)19)22-17-10-6-13-14(24-5-4-23-13)7-12(10)20-8-21-17/h2-3,6-8H,4-5H2,1H3,(H,20,21,22). The topological polar surface area (TPSA) is 56.3 Å². The van der Waals surface area contributed by atoms with E-state index in [1.54, 1.807) is 19.1 Å². The summed E-state index contributed by atoms with van der Waals surface area (Å²) in [7, 11) is 0. The molecule has 2 heterocycles. The highest BCUT2D eigenvalue weighted by Gasteiger charge is 2.17. The van der Waals surface area contributed by atoms with Gasteiger partial charge in [-0.25, -0.2) is 18.7 Å². The number of hydrogen-bond donors (Lipinski definition) is 1. The molecule has 24 heavy (non-hydrogen) atoms. The first kappa shape index (κ1) is 14.6. The van der Waals surface area contributed by atoms with Crippen LogP contribution in [0.1, 0.15) is 5.56 Å². The van der Waals surface area contributed by atoms with Crippen molar-refractivity contribution in [2.75, 3.05) is 18.5 Å². The summed E-state index contributed by atoms with van der Waals surface area (Å²) in [5.74, 6) is 0.0881. The molecule has 0 amide bonds. The molecular weight excluding hydrogens is 316 g/mol. The van der Waals surface area contributed by atoms with Crippen LogP contribution in [-0.2, 0) is 0 Å². The molecule has 2 aromatic carbocycles. The summed E-state index contributed by atoms with van der Waals surface area (Å²) in [4.78, 5) is 8.29. The Labute approximate surface area is 136 Å². The van der Waals surface area contributed by atoms with Gasteiger partial charge in [0.2, 0.25) is 0 Å². The van der Waals surface area contributed by atoms with E-state index < -0.39 is 11.6 Å². The molecule has 3 aromatic rings. The number of ether oxygens (including phenoxy) is 2. The number of rotatable bonds is 2. The van der Waals surface area contributed by atoms with E-state index in [0.29, 0.717) is 47.0 Å². The zero-order chi connectivity index (χ0) is 16.7. The molecule has 0 radical (unpaired) electrons. The van der Waals surface area contributed by atoms with Gasteiger partial charge in [-0.1, -0.05) is 6.07 Å². The molecule has 0 spiro atoms. The average Bonchev–Trinajstić information content (AvgIpc) is 2.60. The maximum Gasteiger partial charge on any atom is 0.163 e. The number of benzene rings is 2. The van der Waals surface area contributed by atoms with Crippen molar-refractivity contribution in [2.24, 2.45) is 0 Å². The van der Waals surface area contributed by atoms with Crippen molar-refractivity contribution in [3.63, 3.8) is 0 Å². The molecule has 1 aromatic heterocycles. The molecule has 1 aliphatic rings. The van der Waals surface area contributed by atoms with Gasteiger partial charge in [-0.2, -0.15) is 0 Å². The minimum Gasteiger partial charge on any atom is -0.486 e. The lowest BCUT2D eigenvalue weighted by molar-refractivity contribution is 0.172. The van der Waals surface area contributed by atoms with Crippen molar-refractivity contribution >= 4 is 22.4 Å². The first-order valence-corrected chi connectivity index (χ1v) is 7.39. The Morgan fingerprint density at radius 1 is 1.04 bits per heavy atom. The number of anilines is 2. The lowest BCUT2D eigenvalue weighted by atomic mass is 10.1. The smallest absolute Gasteiger partial charge is 0.163 e. The second-order valence-electron chi connectivity index (χ2n) is 5.41. The van der Waals surface area contributed by atoms with Gasteiger partial charge in [0.25, 0.3) is 0 Å². The number of fused-ring (bicyclic) bond motifs is 2. The number of aromatic nitrogens is 2. The van der Waals surface area contributed by atoms with Gasteiger partial charge in [-0.3, -0.25) is 0 Å². The van der Waals surface area contributed by atoms with E-state index in [2.05, 4.69) is 15.3 Å². The third-order valence-corrected chi connectivity index (χ3v) is 3.83. The van der Waals surface area contributed by atoms with Crippen molar-refractivity contribution in [3.8, 4) is 11.5 Å². The van der Waals surface area contributed by atoms with Gasteiger partial charge in [-0.05, 0) is 24.6 Å². The van der Waals surface area contributed by atoms with E-state index in [9.17, 15) is 8.78 Å². The van der Waals surface area contributed by atoms with Crippen molar-refractivity contribution < 1.29 is 18.3 Å². The summed E-state index contributed by atoms with van der Waals surface area (Å²) >= 11 is 0. The minimum atomic E-state index is -0.692. The van der Waals surface area contributed by atoms with E-state index in [1.165, 1.54) is 18.5 Å². The Kier molecular flexibility index (Phi) is 3.41. The zero-order valence-electron chi connectivity index (χ0n) is 12.8. The predicted octanol–water partition coefficient (Wildman–Crippen LogP) is 3.73. The number of aryl methyl sites for hydroxylation is 1. The SMILES string of the molecule is Cc1ccc(F)c(Nc2ncnc3cc4c(cc23)OCCO4)c1F. The highest BCUT2D eigenvalue weighted by Crippen LogP contribution is 2.37. The quantitative estimate of drug-likeness (QED) is 0.776. The highest BCUT2D eigenvalue weighted by atomic mass is 19.1. The van der Waals surface area contributed by atoms with Gasteiger partial charge in [0.1, 0.15) is 36.9 Å². The van der Waals surface area contributed by atoms with E-state index in [-0.39, 0.29) is 5.69 Å². The predicted molar refractivity (Wildman–Crippen MR) is 84.9 cm³/mol. The number of nitrogens with one attached hydrogen (secondary N) is 1. The summed E-state index contributed by atoms with van der Waals surface area (Å²) in [5.41, 5.74) is 0.682. The van der Waals surface area contributed by atoms with Crippen molar-refractivity contribution in [3.05, 3.63) is 47.8 Å². The Morgan fingerprint density at radius 3 is 2.58 bits per heavy atom. The Morgan fingerprint density at radius 2 is 1.79 bits per heavy atom. The Hall–Kier alpha value is -2.96. The second-order valence-corrected chi connectivity index (χ2v) is 5.41. The van der Waals surface area contributed by atoms with E-state index in [4.69, 9.17) is 9.47 Å². The van der Waals surface area contributed by atoms with Gasteiger partial charge in [0.15, 0.2) is 17.3 Å². The second kappa shape index (κ2) is 5.59. The summed E-state index contributed by atoms with van der Waals surface area (Å²) in [5, 5.41) is 3.32. The molecule has 0 fully saturated rings. The van der Waals surface area contributed by atoms with Gasteiger partial charge < -0.3 is 14.8 Å². The van der Waals surface area contributed by atoms with Crippen LogP contribution >= 0.6 is 0 Å². The molecule has 0 aliphatic carbocycles. The minimum absolute atomic E-state index is 0.245. The molecule has 0 saturated carbocycles. The van der Waals surface area contributed by atoms with Crippen LogP contribution in [0.5, 0.6) is 11.5 Å². The number of hydrogen-bond acceptors (Lipinski definition) is 5. The summed E-state index contributed by atoms with van der Waals surface area (Å²) in [6, 6.07) is 6.02. The van der Waals surface area contributed by atoms with Crippen LogP contribution in [0.2, 0.25) is 0 Å². The Balaban J connectivity index is 1.84. The fraction of sp³-hybridized carbons (Fsp3) is 0.176. The van der Waals surface area contributed by atoms with E-state index >= 15 is 0 Å². The van der Waals surface area contributed by atoms with E-state index in [0.717, 1.165) is 0 Å². The summed E-state index contributed by atoms with van der Waals surface area (Å²) in [6.07, 6.45) is 1.33. The van der Waals surface area contributed by atoms with Gasteiger partial charge in [0.05, 0.1) is 5.52 Å². The van der Waals surface area contributed by atoms with Gasteiger partial charge >= 0.3 is 0 Å². The first-order valence-electron chi connectivity index (χ1n) is 7.39. The first-order chi connectivity index (χ1) is 11.6. The molecule has 0 atom stereocenters. The van der Waals surface area contributed by atoms with Crippen LogP contribution in [0.3, 0.4) is 0 Å². The zero-order valence-corrected chi connectivity index (χ0v) is 12.8. The fourth-order valence-electron chi connectivity index (χ4n) is 2.58. The van der Waals surface area contributed by atoms with Crippen molar-refractivity contribution in [2.45, 2.75) is 6.92 Å². The molecule has 1 N–H and O–H groups in total. The maximum atomic E-state index is 14.2. The van der Waals surface area contributed by atoms with Gasteiger partial charge in [-0.15, -0.1) is 0 Å². The van der Waals surface area contributed by atoms with E-state index in [1.807, 2.05) is 0 Å². The van der Waals surface area contributed by atoms with Crippen LogP contribution in [0.4, 0.5) is 20.3 Å². The van der Waals surface area contributed by atoms with Crippen molar-refractivity contribution in [1.82, 2.24) is 9.97 Å². The molecular formula is C17H13F2N3O2. The molecule has 0 bridgehead atoms. The summed E-state index contributed by atoms with van der Waals surface area (Å²) < 4.78 is 39.3. The molecule has 4 rings (SSSR count). The monoisotopic (exact) mass is 329 g/mol. The van der Waals surface area contributed by atoms with Crippen LogP contribution < -0.4 is 14.8 Å². The fourth-order valence-corrected chi connectivity index (χ4v) is 2.58. The maximum absolute atomic E-state index is 14.2. The average molecular weight is 329 g/mol. The largest absolute Gasteiger partial charge is 0.486 e. The molecule has 5 nitrogen and oxygen atoms in total. The molecule has 0 saturated heterocycles. The molecule has 7 heteroatoms. The summed E-state index contributed by atoms with van der Waals surface area (Å²) in [6.45, 7) is 2.48. The Bertz CT molecular complexity index is 947. The van der Waals surface area contributed by atoms with Crippen molar-refractivity contribution in [1.29, 1.82) is 0 Å². The number of nitrogens with zero attached hydrogens (tertiary/aromatic N) is 2. The van der Waals surface area contributed by atoms with Crippen LogP contribution in [0.15, 0.2) is 30.6 Å². The van der Waals surface area contributed by atoms with Gasteiger partial charge in [0, 0.05) is 11.5 Å². The molecule has 0 unspecified atom stereocenters. The molecule has 1 aliphatic heterocycles. The third kappa shape index (κ3) is 2.38.